The van der Waals surface area contributed by atoms with E-state index in [1.807, 2.05) is 36.6 Å². The van der Waals surface area contributed by atoms with Crippen LogP contribution in [-0.2, 0) is 4.79 Å². The Labute approximate surface area is 93.3 Å². The van der Waals surface area contributed by atoms with Gasteiger partial charge in [-0.05, 0) is 30.6 Å². The first-order valence-corrected chi connectivity index (χ1v) is 6.13. The van der Waals surface area contributed by atoms with Crippen LogP contribution in [0.3, 0.4) is 0 Å². The lowest BCUT2D eigenvalue weighted by Crippen LogP contribution is -2.27. The van der Waals surface area contributed by atoms with Gasteiger partial charge < -0.3 is 5.32 Å². The maximum Gasteiger partial charge on any atom is 0.323 e. The van der Waals surface area contributed by atoms with Crippen molar-refractivity contribution in [3.05, 3.63) is 30.3 Å². The molecule has 0 heterocycles. The monoisotopic (exact) mass is 227 g/mol. The summed E-state index contributed by atoms with van der Waals surface area (Å²) in [5.41, 5.74) is 0.773. The predicted molar refractivity (Wildman–Crippen MR) is 63.0 cm³/mol. The summed E-state index contributed by atoms with van der Waals surface area (Å²) in [6, 6.07) is 7.17. The summed E-state index contributed by atoms with van der Waals surface area (Å²) in [6.45, 7) is 0. The van der Waals surface area contributed by atoms with Gasteiger partial charge in [-0.15, -0.1) is 0 Å². The molecule has 2 nitrogen and oxygen atoms in total. The first kappa shape index (κ1) is 12.0. The zero-order chi connectivity index (χ0) is 11.1. The second-order valence-electron chi connectivity index (χ2n) is 3.15. The Morgan fingerprint density at radius 1 is 1.47 bits per heavy atom. The number of thioether (sulfide) groups is 1. The number of hydrogen-bond acceptors (Lipinski definition) is 3. The minimum atomic E-state index is -1.30. The maximum atomic E-state index is 12.7. The predicted octanol–water partition coefficient (Wildman–Crippen LogP) is 2.72. The lowest BCUT2D eigenvalue weighted by Gasteiger charge is -2.14. The van der Waals surface area contributed by atoms with E-state index in [-0.39, 0.29) is 0 Å². The van der Waals surface area contributed by atoms with Gasteiger partial charge in [-0.1, -0.05) is 18.2 Å². The van der Waals surface area contributed by atoms with Gasteiger partial charge in [0.1, 0.15) is 6.04 Å². The third kappa shape index (κ3) is 4.34. The summed E-state index contributed by atoms with van der Waals surface area (Å²) in [6.07, 6.45) is 2.44. The van der Waals surface area contributed by atoms with Crippen LogP contribution in [0.2, 0.25) is 0 Å². The number of anilines is 1. The van der Waals surface area contributed by atoms with Crippen LogP contribution in [0.1, 0.15) is 6.42 Å². The van der Waals surface area contributed by atoms with Gasteiger partial charge in [0.25, 0.3) is 0 Å². The van der Waals surface area contributed by atoms with Crippen LogP contribution in [0.4, 0.5) is 10.1 Å². The fourth-order valence-corrected chi connectivity index (χ4v) is 1.69. The fourth-order valence-electron chi connectivity index (χ4n) is 1.21. The summed E-state index contributed by atoms with van der Waals surface area (Å²) in [4.78, 5) is 10.7. The summed E-state index contributed by atoms with van der Waals surface area (Å²) in [5.74, 6) is 0.764. The Morgan fingerprint density at radius 2 is 2.13 bits per heavy atom. The van der Waals surface area contributed by atoms with E-state index in [1.54, 1.807) is 11.8 Å². The van der Waals surface area contributed by atoms with Gasteiger partial charge in [-0.2, -0.15) is 16.2 Å². The van der Waals surface area contributed by atoms with E-state index in [2.05, 4.69) is 5.32 Å². The normalized spacial score (nSPS) is 12.1. The Hall–Kier alpha value is -1.03. The molecule has 0 aliphatic carbocycles. The molecule has 1 unspecified atom stereocenters. The Kier molecular flexibility index (Phi) is 5.18. The second-order valence-corrected chi connectivity index (χ2v) is 4.13. The first-order chi connectivity index (χ1) is 7.24. The quantitative estimate of drug-likeness (QED) is 0.758. The van der Waals surface area contributed by atoms with Gasteiger partial charge in [0, 0.05) is 5.69 Å². The number of carbonyl (C=O) groups is 1. The molecule has 0 bridgehead atoms. The Morgan fingerprint density at radius 3 is 2.67 bits per heavy atom. The van der Waals surface area contributed by atoms with Crippen molar-refractivity contribution < 1.29 is 9.18 Å². The van der Waals surface area contributed by atoms with E-state index in [4.69, 9.17) is 0 Å². The maximum absolute atomic E-state index is 12.7. The molecule has 0 spiro atoms. The van der Waals surface area contributed by atoms with Crippen molar-refractivity contribution in [2.24, 2.45) is 0 Å². The van der Waals surface area contributed by atoms with Gasteiger partial charge >= 0.3 is 6.04 Å². The van der Waals surface area contributed by atoms with Crippen LogP contribution >= 0.6 is 11.8 Å². The van der Waals surface area contributed by atoms with Crippen molar-refractivity contribution in [1.29, 1.82) is 0 Å². The van der Waals surface area contributed by atoms with Gasteiger partial charge in [0.15, 0.2) is 0 Å². The van der Waals surface area contributed by atoms with Gasteiger partial charge in [-0.3, -0.25) is 4.79 Å². The lowest BCUT2D eigenvalue weighted by atomic mass is 10.2. The van der Waals surface area contributed by atoms with E-state index in [1.165, 1.54) is 0 Å². The van der Waals surface area contributed by atoms with Crippen molar-refractivity contribution in [2.45, 2.75) is 12.5 Å². The fraction of sp³-hybridized carbons (Fsp3) is 0.364. The van der Waals surface area contributed by atoms with E-state index in [9.17, 15) is 9.18 Å². The second kappa shape index (κ2) is 6.45. The summed E-state index contributed by atoms with van der Waals surface area (Å²) in [5, 5.41) is 2.88. The molecule has 0 aliphatic rings. The highest BCUT2D eigenvalue weighted by molar-refractivity contribution is 7.98. The summed E-state index contributed by atoms with van der Waals surface area (Å²) < 4.78 is 12.7. The van der Waals surface area contributed by atoms with E-state index < -0.39 is 12.1 Å². The minimum Gasteiger partial charge on any atom is -0.373 e. The molecular formula is C11H14FNOS. The van der Waals surface area contributed by atoms with Crippen molar-refractivity contribution >= 4 is 23.5 Å². The smallest absolute Gasteiger partial charge is 0.323 e. The van der Waals surface area contributed by atoms with Gasteiger partial charge in [0.2, 0.25) is 0 Å². The van der Waals surface area contributed by atoms with E-state index in [0.29, 0.717) is 6.42 Å². The van der Waals surface area contributed by atoms with Crippen LogP contribution in [0.5, 0.6) is 0 Å². The number of halogens is 1. The number of carbonyl (C=O) groups excluding carboxylic acids is 1. The lowest BCUT2D eigenvalue weighted by molar-refractivity contribution is -0.130. The van der Waals surface area contributed by atoms with E-state index >= 15 is 0 Å². The third-order valence-electron chi connectivity index (χ3n) is 2.00. The van der Waals surface area contributed by atoms with Gasteiger partial charge in [-0.25, -0.2) is 0 Å². The highest BCUT2D eigenvalue weighted by atomic mass is 32.2. The van der Waals surface area contributed by atoms with Crippen LogP contribution < -0.4 is 5.32 Å². The zero-order valence-electron chi connectivity index (χ0n) is 8.57. The molecule has 0 saturated carbocycles. The summed E-state index contributed by atoms with van der Waals surface area (Å²) >= 11 is 1.60. The average molecular weight is 227 g/mol. The molecule has 0 amide bonds. The topological polar surface area (TPSA) is 29.1 Å². The minimum absolute atomic E-state index is 0.505. The van der Waals surface area contributed by atoms with E-state index in [0.717, 1.165) is 11.4 Å². The SMILES string of the molecule is CSCCC(Nc1ccccc1)C(=O)F. The number of para-hydroxylation sites is 1. The molecule has 1 rings (SSSR count). The van der Waals surface area contributed by atoms with Crippen LogP contribution in [-0.4, -0.2) is 24.1 Å². The standard InChI is InChI=1S/C11H14FNOS/c1-15-8-7-10(11(12)14)13-9-5-3-2-4-6-9/h2-6,10,13H,7-8H2,1H3. The number of rotatable bonds is 6. The molecule has 1 atom stereocenters. The molecule has 0 fully saturated rings. The number of nitrogens with one attached hydrogen (secondary N) is 1. The number of benzene rings is 1. The molecule has 1 aromatic carbocycles. The third-order valence-corrected chi connectivity index (χ3v) is 2.64. The molecule has 1 N–H and O–H groups in total. The first-order valence-electron chi connectivity index (χ1n) is 4.74. The molecule has 15 heavy (non-hydrogen) atoms. The van der Waals surface area contributed by atoms with Crippen LogP contribution in [0, 0.1) is 0 Å². The molecule has 82 valence electrons. The van der Waals surface area contributed by atoms with Crippen LogP contribution in [0.15, 0.2) is 30.3 Å². The largest absolute Gasteiger partial charge is 0.373 e. The Balaban J connectivity index is 2.55. The molecular weight excluding hydrogens is 213 g/mol. The van der Waals surface area contributed by atoms with Crippen molar-refractivity contribution in [3.63, 3.8) is 0 Å². The molecule has 0 saturated heterocycles. The van der Waals surface area contributed by atoms with Gasteiger partial charge in [0.05, 0.1) is 0 Å². The molecule has 0 aromatic heterocycles. The van der Waals surface area contributed by atoms with Crippen molar-refractivity contribution in [3.8, 4) is 0 Å². The zero-order valence-corrected chi connectivity index (χ0v) is 9.39. The highest BCUT2D eigenvalue weighted by Gasteiger charge is 2.16. The molecule has 0 radical (unpaired) electrons. The summed E-state index contributed by atoms with van der Waals surface area (Å²) in [7, 11) is 0. The molecule has 1 aromatic rings. The highest BCUT2D eigenvalue weighted by Crippen LogP contribution is 2.11. The van der Waals surface area contributed by atoms with Crippen LogP contribution in [0.25, 0.3) is 0 Å². The van der Waals surface area contributed by atoms with Crippen molar-refractivity contribution in [2.75, 3.05) is 17.3 Å². The Bertz CT molecular complexity index is 305. The molecule has 0 aliphatic heterocycles. The molecule has 4 heteroatoms. The average Bonchev–Trinajstić information content (AvgIpc) is 2.25. The van der Waals surface area contributed by atoms with Crippen molar-refractivity contribution in [1.82, 2.24) is 0 Å². The number of hydrogen-bond donors (Lipinski definition) is 1.